The number of hydrogen-bond acceptors (Lipinski definition) is 4. The first-order chi connectivity index (χ1) is 12.1. The molecule has 1 unspecified atom stereocenters. The van der Waals surface area contributed by atoms with Crippen molar-refractivity contribution >= 4 is 28.3 Å². The first kappa shape index (κ1) is 23.8. The fourth-order valence-corrected chi connectivity index (χ4v) is 4.43. The lowest BCUT2D eigenvalue weighted by Crippen LogP contribution is -2.52. The van der Waals surface area contributed by atoms with E-state index in [0.717, 1.165) is 32.0 Å². The van der Waals surface area contributed by atoms with Crippen molar-refractivity contribution in [1.29, 1.82) is 0 Å². The SMILES string of the molecule is CC(C)C(NS(=O)(=O)c1ccccc1F)C(=O)NCC1(C)CCNCC1.Cl. The van der Waals surface area contributed by atoms with Crippen molar-refractivity contribution < 1.29 is 17.6 Å². The van der Waals surface area contributed by atoms with E-state index >= 15 is 0 Å². The van der Waals surface area contributed by atoms with Gasteiger partial charge in [-0.3, -0.25) is 4.79 Å². The van der Waals surface area contributed by atoms with Gasteiger partial charge in [0, 0.05) is 6.54 Å². The highest BCUT2D eigenvalue weighted by atomic mass is 35.5. The van der Waals surface area contributed by atoms with Crippen LogP contribution in [0.1, 0.15) is 33.6 Å². The van der Waals surface area contributed by atoms with Crippen molar-refractivity contribution in [3.63, 3.8) is 0 Å². The summed E-state index contributed by atoms with van der Waals surface area (Å²) in [7, 11) is -4.13. The number of amides is 1. The summed E-state index contributed by atoms with van der Waals surface area (Å²) in [4.78, 5) is 12.2. The van der Waals surface area contributed by atoms with E-state index in [1.807, 2.05) is 0 Å². The van der Waals surface area contributed by atoms with Gasteiger partial charge in [0.15, 0.2) is 0 Å². The smallest absolute Gasteiger partial charge is 0.244 e. The molecule has 1 saturated heterocycles. The molecule has 2 rings (SSSR count). The molecular weight excluding hydrogens is 393 g/mol. The zero-order valence-electron chi connectivity index (χ0n) is 15.9. The molecule has 1 amide bonds. The van der Waals surface area contributed by atoms with Crippen molar-refractivity contribution in [3.05, 3.63) is 30.1 Å². The second-order valence-corrected chi connectivity index (χ2v) is 9.23. The number of benzene rings is 1. The van der Waals surface area contributed by atoms with Gasteiger partial charge in [-0.2, -0.15) is 4.72 Å². The summed E-state index contributed by atoms with van der Waals surface area (Å²) in [6.45, 7) is 7.90. The van der Waals surface area contributed by atoms with Crippen LogP contribution in [0.5, 0.6) is 0 Å². The van der Waals surface area contributed by atoms with E-state index in [2.05, 4.69) is 22.3 Å². The van der Waals surface area contributed by atoms with Gasteiger partial charge < -0.3 is 10.6 Å². The van der Waals surface area contributed by atoms with Crippen molar-refractivity contribution in [2.75, 3.05) is 19.6 Å². The minimum absolute atomic E-state index is 0. The van der Waals surface area contributed by atoms with Gasteiger partial charge in [0.25, 0.3) is 0 Å². The highest BCUT2D eigenvalue weighted by Gasteiger charge is 2.32. The molecule has 0 spiro atoms. The number of carbonyl (C=O) groups is 1. The van der Waals surface area contributed by atoms with Gasteiger partial charge in [0.2, 0.25) is 15.9 Å². The third-order valence-corrected chi connectivity index (χ3v) is 6.33. The zero-order chi connectivity index (χ0) is 19.4. The van der Waals surface area contributed by atoms with E-state index in [9.17, 15) is 17.6 Å². The van der Waals surface area contributed by atoms with Crippen LogP contribution in [0.4, 0.5) is 4.39 Å². The molecule has 1 aliphatic rings. The maximum atomic E-state index is 13.9. The minimum Gasteiger partial charge on any atom is -0.354 e. The number of rotatable bonds is 7. The molecule has 0 aliphatic carbocycles. The Bertz CT molecular complexity index is 737. The average molecular weight is 422 g/mol. The lowest BCUT2D eigenvalue weighted by molar-refractivity contribution is -0.124. The van der Waals surface area contributed by atoms with Crippen molar-refractivity contribution in [3.8, 4) is 0 Å². The van der Waals surface area contributed by atoms with Gasteiger partial charge in [-0.05, 0) is 49.4 Å². The molecule has 1 fully saturated rings. The third kappa shape index (κ3) is 6.41. The number of nitrogens with one attached hydrogen (secondary N) is 3. The monoisotopic (exact) mass is 421 g/mol. The molecule has 1 heterocycles. The van der Waals surface area contributed by atoms with E-state index in [-0.39, 0.29) is 29.6 Å². The molecule has 0 saturated carbocycles. The molecule has 1 atom stereocenters. The summed E-state index contributed by atoms with van der Waals surface area (Å²) in [5, 5.41) is 6.16. The minimum atomic E-state index is -4.13. The van der Waals surface area contributed by atoms with E-state index in [0.29, 0.717) is 6.54 Å². The molecule has 0 radical (unpaired) electrons. The van der Waals surface area contributed by atoms with Crippen molar-refractivity contribution in [2.45, 2.75) is 44.6 Å². The van der Waals surface area contributed by atoms with Crippen LogP contribution in [0, 0.1) is 17.2 Å². The second kappa shape index (κ2) is 9.82. The highest BCUT2D eigenvalue weighted by molar-refractivity contribution is 7.89. The predicted octanol–water partition coefficient (Wildman–Crippen LogP) is 2.06. The molecule has 1 aromatic rings. The molecule has 0 aromatic heterocycles. The van der Waals surface area contributed by atoms with Gasteiger partial charge >= 0.3 is 0 Å². The largest absolute Gasteiger partial charge is 0.354 e. The molecule has 1 aromatic carbocycles. The van der Waals surface area contributed by atoms with Gasteiger partial charge in [0.05, 0.1) is 0 Å². The van der Waals surface area contributed by atoms with E-state index in [1.54, 1.807) is 13.8 Å². The van der Waals surface area contributed by atoms with Crippen LogP contribution in [-0.2, 0) is 14.8 Å². The van der Waals surface area contributed by atoms with Crippen LogP contribution < -0.4 is 15.4 Å². The standard InChI is InChI=1S/C18H28FN3O3S.ClH/c1-13(2)16(17(23)21-12-18(3)8-10-20-11-9-18)22-26(24,25)15-7-5-4-6-14(15)19;/h4-7,13,16,20,22H,8-12H2,1-3H3,(H,21,23);1H. The molecule has 154 valence electrons. The van der Waals surface area contributed by atoms with Crippen LogP contribution in [0.15, 0.2) is 29.2 Å². The third-order valence-electron chi connectivity index (χ3n) is 4.86. The predicted molar refractivity (Wildman–Crippen MR) is 106 cm³/mol. The Kier molecular flexibility index (Phi) is 8.66. The summed E-state index contributed by atoms with van der Waals surface area (Å²) < 4.78 is 41.2. The maximum Gasteiger partial charge on any atom is 0.244 e. The Morgan fingerprint density at radius 3 is 2.41 bits per heavy atom. The van der Waals surface area contributed by atoms with Crippen LogP contribution in [0.25, 0.3) is 0 Å². The van der Waals surface area contributed by atoms with E-state index in [1.165, 1.54) is 18.2 Å². The number of halogens is 2. The lowest BCUT2D eigenvalue weighted by Gasteiger charge is -2.34. The van der Waals surface area contributed by atoms with Crippen molar-refractivity contribution in [1.82, 2.24) is 15.4 Å². The molecular formula is C18H29ClFN3O3S. The van der Waals surface area contributed by atoms with Crippen LogP contribution in [0.2, 0.25) is 0 Å². The Morgan fingerprint density at radius 1 is 1.26 bits per heavy atom. The van der Waals surface area contributed by atoms with Gasteiger partial charge in [-0.25, -0.2) is 12.8 Å². The van der Waals surface area contributed by atoms with Crippen LogP contribution in [0.3, 0.4) is 0 Å². The van der Waals surface area contributed by atoms with Crippen LogP contribution >= 0.6 is 12.4 Å². The second-order valence-electron chi connectivity index (χ2n) is 7.55. The first-order valence-corrected chi connectivity index (χ1v) is 10.4. The summed E-state index contributed by atoms with van der Waals surface area (Å²) >= 11 is 0. The normalized spacial score (nSPS) is 17.8. The summed E-state index contributed by atoms with van der Waals surface area (Å²) in [5.41, 5.74) is -0.00709. The van der Waals surface area contributed by atoms with Gasteiger partial charge in [0.1, 0.15) is 16.8 Å². The Balaban J connectivity index is 0.00000364. The number of carbonyl (C=O) groups excluding carboxylic acids is 1. The molecule has 27 heavy (non-hydrogen) atoms. The highest BCUT2D eigenvalue weighted by Crippen LogP contribution is 2.26. The molecule has 6 nitrogen and oxygen atoms in total. The summed E-state index contributed by atoms with van der Waals surface area (Å²) in [6, 6.07) is 4.16. The molecule has 9 heteroatoms. The fourth-order valence-electron chi connectivity index (χ4n) is 3.00. The van der Waals surface area contributed by atoms with E-state index in [4.69, 9.17) is 0 Å². The topological polar surface area (TPSA) is 87.3 Å². The fraction of sp³-hybridized carbons (Fsp3) is 0.611. The maximum absolute atomic E-state index is 13.9. The lowest BCUT2D eigenvalue weighted by atomic mass is 9.81. The summed E-state index contributed by atoms with van der Waals surface area (Å²) in [6.07, 6.45) is 1.89. The van der Waals surface area contributed by atoms with Gasteiger partial charge in [-0.1, -0.05) is 32.9 Å². The Labute approximate surface area is 167 Å². The Morgan fingerprint density at radius 2 is 1.85 bits per heavy atom. The zero-order valence-corrected chi connectivity index (χ0v) is 17.6. The number of hydrogen-bond donors (Lipinski definition) is 3. The van der Waals surface area contributed by atoms with Crippen molar-refractivity contribution in [2.24, 2.45) is 11.3 Å². The molecule has 3 N–H and O–H groups in total. The van der Waals surface area contributed by atoms with E-state index < -0.39 is 26.8 Å². The number of piperidine rings is 1. The molecule has 1 aliphatic heterocycles. The quantitative estimate of drug-likeness (QED) is 0.628. The first-order valence-electron chi connectivity index (χ1n) is 8.90. The number of sulfonamides is 1. The molecule has 0 bridgehead atoms. The average Bonchev–Trinajstić information content (AvgIpc) is 2.58. The van der Waals surface area contributed by atoms with Gasteiger partial charge in [-0.15, -0.1) is 12.4 Å². The van der Waals surface area contributed by atoms with Crippen LogP contribution in [-0.4, -0.2) is 40.0 Å². The summed E-state index contributed by atoms with van der Waals surface area (Å²) in [5.74, 6) is -1.51. The Hall–Kier alpha value is -1.22.